The molecule has 0 unspecified atom stereocenters. The van der Waals surface area contributed by atoms with Gasteiger partial charge in [0.25, 0.3) is 0 Å². The van der Waals surface area contributed by atoms with E-state index in [-0.39, 0.29) is 11.9 Å². The summed E-state index contributed by atoms with van der Waals surface area (Å²) in [5.74, 6) is 1.35. The normalized spacial score (nSPS) is 14.7. The van der Waals surface area contributed by atoms with Crippen LogP contribution in [0.4, 0.5) is 0 Å². The van der Waals surface area contributed by atoms with E-state index in [1.54, 1.807) is 57.4 Å². The molecule has 1 aliphatic rings. The van der Waals surface area contributed by atoms with Gasteiger partial charge in [-0.2, -0.15) is 0 Å². The molecule has 1 saturated heterocycles. The molecule has 8 heteroatoms. The van der Waals surface area contributed by atoms with E-state index >= 15 is 0 Å². The van der Waals surface area contributed by atoms with Gasteiger partial charge in [0, 0.05) is 38.8 Å². The minimum Gasteiger partial charge on any atom is -0.493 e. The number of ether oxygens (including phenoxy) is 4. The summed E-state index contributed by atoms with van der Waals surface area (Å²) < 4.78 is 20.9. The fourth-order valence-electron chi connectivity index (χ4n) is 3.14. The van der Waals surface area contributed by atoms with Gasteiger partial charge in [-0.05, 0) is 30.7 Å². The average molecular weight is 406 g/mol. The predicted octanol–water partition coefficient (Wildman–Crippen LogP) is 1.82. The largest absolute Gasteiger partial charge is 0.493 e. The van der Waals surface area contributed by atoms with Gasteiger partial charge in [0.2, 0.25) is 11.7 Å². The Kier molecular flexibility index (Phi) is 8.79. The van der Waals surface area contributed by atoms with Crippen molar-refractivity contribution in [3.63, 3.8) is 0 Å². The summed E-state index contributed by atoms with van der Waals surface area (Å²) in [6.45, 7) is 5.59. The zero-order valence-electron chi connectivity index (χ0n) is 17.6. The van der Waals surface area contributed by atoms with Crippen molar-refractivity contribution in [2.75, 3.05) is 60.7 Å². The van der Waals surface area contributed by atoms with Gasteiger partial charge in [-0.3, -0.25) is 14.5 Å². The fraction of sp³-hybridized carbons (Fsp3) is 0.524. The van der Waals surface area contributed by atoms with E-state index in [0.717, 1.165) is 18.7 Å². The molecule has 0 atom stereocenters. The summed E-state index contributed by atoms with van der Waals surface area (Å²) in [6, 6.07) is 3.58. The van der Waals surface area contributed by atoms with Gasteiger partial charge in [0.05, 0.1) is 34.4 Å². The third-order valence-corrected chi connectivity index (χ3v) is 4.73. The molecule has 1 aromatic carbocycles. The molecule has 1 fully saturated rings. The Morgan fingerprint density at radius 3 is 2.14 bits per heavy atom. The van der Waals surface area contributed by atoms with Crippen molar-refractivity contribution in [2.24, 2.45) is 0 Å². The number of amides is 1. The summed E-state index contributed by atoms with van der Waals surface area (Å²) in [4.78, 5) is 28.0. The molecule has 0 saturated carbocycles. The molecule has 8 nitrogen and oxygen atoms in total. The highest BCUT2D eigenvalue weighted by molar-refractivity contribution is 5.92. The molecule has 0 radical (unpaired) electrons. The molecular formula is C21H30N2O6. The predicted molar refractivity (Wildman–Crippen MR) is 109 cm³/mol. The third kappa shape index (κ3) is 6.39. The molecule has 0 aliphatic carbocycles. The van der Waals surface area contributed by atoms with Crippen LogP contribution in [0, 0.1) is 0 Å². The molecule has 0 N–H and O–H groups in total. The molecule has 2 rings (SSSR count). The number of hydrogen-bond donors (Lipinski definition) is 0. The Hall–Kier alpha value is -2.74. The fourth-order valence-corrected chi connectivity index (χ4v) is 3.14. The van der Waals surface area contributed by atoms with Crippen LogP contribution in [0.1, 0.15) is 18.9 Å². The number of rotatable bonds is 9. The van der Waals surface area contributed by atoms with Crippen molar-refractivity contribution in [1.82, 2.24) is 9.80 Å². The number of nitrogens with zero attached hydrogens (tertiary/aromatic N) is 2. The van der Waals surface area contributed by atoms with E-state index in [9.17, 15) is 9.59 Å². The van der Waals surface area contributed by atoms with E-state index in [1.807, 2.05) is 0 Å². The second-order valence-corrected chi connectivity index (χ2v) is 6.51. The Labute approximate surface area is 172 Å². The second-order valence-electron chi connectivity index (χ2n) is 6.51. The Morgan fingerprint density at radius 2 is 1.62 bits per heavy atom. The van der Waals surface area contributed by atoms with Gasteiger partial charge >= 0.3 is 5.97 Å². The van der Waals surface area contributed by atoms with E-state index in [1.165, 1.54) is 0 Å². The van der Waals surface area contributed by atoms with Gasteiger partial charge in [-0.1, -0.05) is 0 Å². The van der Waals surface area contributed by atoms with Crippen molar-refractivity contribution in [2.45, 2.75) is 13.3 Å². The maximum absolute atomic E-state index is 12.5. The highest BCUT2D eigenvalue weighted by atomic mass is 16.5. The van der Waals surface area contributed by atoms with Gasteiger partial charge in [-0.25, -0.2) is 0 Å². The monoisotopic (exact) mass is 406 g/mol. The first-order chi connectivity index (χ1) is 14.0. The van der Waals surface area contributed by atoms with Gasteiger partial charge in [0.15, 0.2) is 11.5 Å². The van der Waals surface area contributed by atoms with Crippen LogP contribution in [0.2, 0.25) is 0 Å². The first-order valence-corrected chi connectivity index (χ1v) is 9.67. The number of methoxy groups -OCH3 is 3. The summed E-state index contributed by atoms with van der Waals surface area (Å²) in [5.41, 5.74) is 0.779. The van der Waals surface area contributed by atoms with E-state index in [0.29, 0.717) is 49.9 Å². The quantitative estimate of drug-likeness (QED) is 0.457. The molecule has 0 bridgehead atoms. The van der Waals surface area contributed by atoms with Crippen LogP contribution in [0.25, 0.3) is 6.08 Å². The van der Waals surface area contributed by atoms with E-state index in [2.05, 4.69) is 4.90 Å². The van der Waals surface area contributed by atoms with Crippen LogP contribution in [-0.4, -0.2) is 82.3 Å². The Balaban J connectivity index is 1.91. The first kappa shape index (κ1) is 22.5. The highest BCUT2D eigenvalue weighted by Crippen LogP contribution is 2.38. The smallest absolute Gasteiger partial charge is 0.307 e. The minimum absolute atomic E-state index is 0.0520. The number of carbonyl (C=O) groups excluding carboxylic acids is 2. The van der Waals surface area contributed by atoms with E-state index in [4.69, 9.17) is 18.9 Å². The Bertz CT molecular complexity index is 701. The molecule has 29 heavy (non-hydrogen) atoms. The zero-order chi connectivity index (χ0) is 21.2. The van der Waals surface area contributed by atoms with Crippen molar-refractivity contribution in [3.8, 4) is 17.2 Å². The maximum atomic E-state index is 12.5. The highest BCUT2D eigenvalue weighted by Gasteiger charge is 2.20. The topological polar surface area (TPSA) is 77.5 Å². The third-order valence-electron chi connectivity index (χ3n) is 4.73. The zero-order valence-corrected chi connectivity index (χ0v) is 17.6. The SMILES string of the molecule is CCOC(=O)CCN1CCN(C(=O)C=Cc2cc(OC)c(OC)c(OC)c2)CC1. The summed E-state index contributed by atoms with van der Waals surface area (Å²) in [5, 5.41) is 0. The summed E-state index contributed by atoms with van der Waals surface area (Å²) in [7, 11) is 4.65. The van der Waals surface area contributed by atoms with Gasteiger partial charge in [-0.15, -0.1) is 0 Å². The number of benzene rings is 1. The van der Waals surface area contributed by atoms with Crippen LogP contribution in [0.15, 0.2) is 18.2 Å². The second kappa shape index (κ2) is 11.3. The molecule has 0 aromatic heterocycles. The van der Waals surface area contributed by atoms with Gasteiger partial charge in [0.1, 0.15) is 0 Å². The molecule has 1 heterocycles. The maximum Gasteiger partial charge on any atom is 0.307 e. The average Bonchev–Trinajstić information content (AvgIpc) is 2.75. The van der Waals surface area contributed by atoms with Crippen LogP contribution in [0.3, 0.4) is 0 Å². The number of hydrogen-bond acceptors (Lipinski definition) is 7. The first-order valence-electron chi connectivity index (χ1n) is 9.67. The van der Waals surface area contributed by atoms with E-state index < -0.39 is 0 Å². The van der Waals surface area contributed by atoms with Crippen LogP contribution in [-0.2, 0) is 14.3 Å². The lowest BCUT2D eigenvalue weighted by Gasteiger charge is -2.34. The lowest BCUT2D eigenvalue weighted by molar-refractivity contribution is -0.143. The van der Waals surface area contributed by atoms with Crippen molar-refractivity contribution < 1.29 is 28.5 Å². The van der Waals surface area contributed by atoms with Crippen molar-refractivity contribution >= 4 is 18.0 Å². The summed E-state index contributed by atoms with van der Waals surface area (Å²) in [6.07, 6.45) is 3.66. The molecule has 160 valence electrons. The lowest BCUT2D eigenvalue weighted by Crippen LogP contribution is -2.48. The lowest BCUT2D eigenvalue weighted by atomic mass is 10.1. The van der Waals surface area contributed by atoms with Crippen molar-refractivity contribution in [1.29, 1.82) is 0 Å². The Morgan fingerprint density at radius 1 is 1.00 bits per heavy atom. The molecule has 0 spiro atoms. The standard InChI is InChI=1S/C21H30N2O6/c1-5-29-20(25)8-9-22-10-12-23(13-11-22)19(24)7-6-16-14-17(26-2)21(28-4)18(15-16)27-3/h6-7,14-15H,5,8-13H2,1-4H3. The minimum atomic E-state index is -0.181. The van der Waals surface area contributed by atoms with Crippen molar-refractivity contribution in [3.05, 3.63) is 23.8 Å². The van der Waals surface area contributed by atoms with Crippen LogP contribution >= 0.6 is 0 Å². The summed E-state index contributed by atoms with van der Waals surface area (Å²) >= 11 is 0. The number of esters is 1. The molecule has 1 amide bonds. The molecule has 1 aromatic rings. The molecule has 1 aliphatic heterocycles. The van der Waals surface area contributed by atoms with Gasteiger partial charge < -0.3 is 23.8 Å². The van der Waals surface area contributed by atoms with Crippen LogP contribution < -0.4 is 14.2 Å². The molecular weight excluding hydrogens is 376 g/mol. The number of piperazine rings is 1. The number of carbonyl (C=O) groups is 2. The van der Waals surface area contributed by atoms with Crippen LogP contribution in [0.5, 0.6) is 17.2 Å².